The summed E-state index contributed by atoms with van der Waals surface area (Å²) >= 11 is 8.11. The predicted molar refractivity (Wildman–Crippen MR) is 114 cm³/mol. The van der Waals surface area contributed by atoms with Gasteiger partial charge in [0.15, 0.2) is 11.0 Å². The summed E-state index contributed by atoms with van der Waals surface area (Å²) in [4.78, 5) is 12.2. The van der Waals surface area contributed by atoms with Crippen LogP contribution in [0.2, 0.25) is 0 Å². The van der Waals surface area contributed by atoms with E-state index in [2.05, 4.69) is 47.4 Å². The van der Waals surface area contributed by atoms with Crippen molar-refractivity contribution in [2.45, 2.75) is 12.1 Å². The molecule has 0 aliphatic carbocycles. The molecule has 3 rings (SSSR count). The minimum atomic E-state index is -0.128. The van der Waals surface area contributed by atoms with Crippen LogP contribution in [0, 0.1) is 6.92 Å². The Bertz CT molecular complexity index is 1010. The molecule has 0 radical (unpaired) electrons. The van der Waals surface area contributed by atoms with Crippen LogP contribution in [0.1, 0.15) is 5.56 Å². The molecule has 0 atom stereocenters. The number of aromatic nitrogens is 3. The molecule has 1 aromatic heterocycles. The van der Waals surface area contributed by atoms with Gasteiger partial charge in [0.1, 0.15) is 5.75 Å². The first-order chi connectivity index (χ1) is 12.8. The summed E-state index contributed by atoms with van der Waals surface area (Å²) in [5.74, 6) is 0.719. The Kier molecular flexibility index (Phi) is 6.23. The summed E-state index contributed by atoms with van der Waals surface area (Å²) in [6, 6.07) is 10.8. The first-order valence-corrected chi connectivity index (χ1v) is 10.5. The quantitative estimate of drug-likeness (QED) is 0.483. The normalized spacial score (nSPS) is 10.8. The van der Waals surface area contributed by atoms with Gasteiger partial charge >= 0.3 is 0 Å². The fraction of sp³-hybridized carbons (Fsp3) is 0.167. The fourth-order valence-electron chi connectivity index (χ4n) is 2.41. The maximum atomic E-state index is 12.2. The van der Waals surface area contributed by atoms with Gasteiger partial charge in [-0.25, -0.2) is 0 Å². The number of nitrogens with one attached hydrogen (secondary N) is 1. The number of halogens is 2. The van der Waals surface area contributed by atoms with Crippen LogP contribution in [0.3, 0.4) is 0 Å². The van der Waals surface area contributed by atoms with Crippen LogP contribution in [0.4, 0.5) is 5.69 Å². The van der Waals surface area contributed by atoms with E-state index in [9.17, 15) is 9.90 Å². The predicted octanol–water partition coefficient (Wildman–Crippen LogP) is 4.75. The van der Waals surface area contributed by atoms with E-state index in [-0.39, 0.29) is 17.4 Å². The first kappa shape index (κ1) is 19.9. The fourth-order valence-corrected chi connectivity index (χ4v) is 3.73. The van der Waals surface area contributed by atoms with Gasteiger partial charge < -0.3 is 15.0 Å². The molecule has 3 aromatic rings. The van der Waals surface area contributed by atoms with E-state index < -0.39 is 0 Å². The maximum Gasteiger partial charge on any atom is 0.234 e. The van der Waals surface area contributed by atoms with E-state index in [1.54, 1.807) is 29.8 Å². The van der Waals surface area contributed by atoms with Gasteiger partial charge in [-0.1, -0.05) is 43.6 Å². The van der Waals surface area contributed by atoms with Gasteiger partial charge in [-0.15, -0.1) is 10.2 Å². The highest BCUT2D eigenvalue weighted by Gasteiger charge is 2.16. The number of carbonyl (C=O) groups is 1. The third-order valence-electron chi connectivity index (χ3n) is 3.81. The molecular formula is C18H16Br2N4O2S. The number of benzene rings is 2. The third kappa shape index (κ3) is 4.72. The molecule has 0 saturated heterocycles. The molecule has 0 spiro atoms. The summed E-state index contributed by atoms with van der Waals surface area (Å²) in [5, 5.41) is 21.8. The highest BCUT2D eigenvalue weighted by Crippen LogP contribution is 2.32. The van der Waals surface area contributed by atoms with Gasteiger partial charge in [-0.2, -0.15) is 0 Å². The molecule has 9 heteroatoms. The lowest BCUT2D eigenvalue weighted by molar-refractivity contribution is -0.113. The standard InChI is InChI=1S/C18H16Br2N4O2S/c1-10-7-12(4-5-14(10)20)21-16(26)9-27-18-23-22-17(24(18)2)13-8-11(19)3-6-15(13)25/h3-8,25H,9H2,1-2H3,(H,21,26). The Hall–Kier alpha value is -1.84. The number of nitrogens with zero attached hydrogens (tertiary/aromatic N) is 3. The van der Waals surface area contributed by atoms with Crippen molar-refractivity contribution < 1.29 is 9.90 Å². The Morgan fingerprint density at radius 2 is 2.00 bits per heavy atom. The summed E-state index contributed by atoms with van der Waals surface area (Å²) < 4.78 is 3.58. The van der Waals surface area contributed by atoms with Crippen molar-refractivity contribution in [3.63, 3.8) is 0 Å². The number of phenolic OH excluding ortho intramolecular Hbond substituents is 1. The van der Waals surface area contributed by atoms with Crippen LogP contribution in [-0.4, -0.2) is 31.5 Å². The second-order valence-corrected chi connectivity index (χ2v) is 8.54. The lowest BCUT2D eigenvalue weighted by Crippen LogP contribution is -2.14. The number of rotatable bonds is 5. The molecule has 0 aliphatic heterocycles. The van der Waals surface area contributed by atoms with Gasteiger partial charge in [-0.05, 0) is 48.9 Å². The smallest absolute Gasteiger partial charge is 0.234 e. The van der Waals surface area contributed by atoms with Gasteiger partial charge in [0, 0.05) is 21.7 Å². The zero-order valence-corrected chi connectivity index (χ0v) is 18.5. The molecule has 0 bridgehead atoms. The van der Waals surface area contributed by atoms with Gasteiger partial charge in [0.05, 0.1) is 11.3 Å². The van der Waals surface area contributed by atoms with E-state index in [4.69, 9.17) is 0 Å². The molecule has 27 heavy (non-hydrogen) atoms. The number of amides is 1. The maximum absolute atomic E-state index is 12.2. The lowest BCUT2D eigenvalue weighted by Gasteiger charge is -2.08. The Labute approximate surface area is 177 Å². The lowest BCUT2D eigenvalue weighted by atomic mass is 10.2. The van der Waals surface area contributed by atoms with E-state index in [1.807, 2.05) is 25.1 Å². The number of hydrogen-bond donors (Lipinski definition) is 2. The number of anilines is 1. The largest absolute Gasteiger partial charge is 0.507 e. The molecule has 0 fully saturated rings. The zero-order chi connectivity index (χ0) is 19.6. The molecular weight excluding hydrogens is 496 g/mol. The van der Waals surface area contributed by atoms with Crippen LogP contribution in [0.15, 0.2) is 50.5 Å². The van der Waals surface area contributed by atoms with Crippen LogP contribution < -0.4 is 5.32 Å². The van der Waals surface area contributed by atoms with Crippen molar-refractivity contribution in [2.24, 2.45) is 7.05 Å². The van der Waals surface area contributed by atoms with Gasteiger partial charge in [0.2, 0.25) is 5.91 Å². The average molecular weight is 512 g/mol. The van der Waals surface area contributed by atoms with Crippen LogP contribution in [0.5, 0.6) is 5.75 Å². The van der Waals surface area contributed by atoms with E-state index in [0.29, 0.717) is 16.5 Å². The molecule has 1 amide bonds. The summed E-state index contributed by atoms with van der Waals surface area (Å²) in [6.07, 6.45) is 0. The van der Waals surface area contributed by atoms with E-state index >= 15 is 0 Å². The molecule has 0 unspecified atom stereocenters. The number of aromatic hydroxyl groups is 1. The summed E-state index contributed by atoms with van der Waals surface area (Å²) in [6.45, 7) is 1.97. The SMILES string of the molecule is Cc1cc(NC(=O)CSc2nnc(-c3cc(Br)ccc3O)n2C)ccc1Br. The van der Waals surface area contributed by atoms with Crippen LogP contribution in [0.25, 0.3) is 11.4 Å². The van der Waals surface area contributed by atoms with Crippen LogP contribution in [-0.2, 0) is 11.8 Å². The zero-order valence-electron chi connectivity index (χ0n) is 14.5. The van der Waals surface area contributed by atoms with Crippen LogP contribution >= 0.6 is 43.6 Å². The third-order valence-corrected chi connectivity index (χ3v) is 6.21. The highest BCUT2D eigenvalue weighted by atomic mass is 79.9. The minimum absolute atomic E-state index is 0.119. The number of aryl methyl sites for hydroxylation is 1. The number of hydrogen-bond acceptors (Lipinski definition) is 5. The topological polar surface area (TPSA) is 80.0 Å². The van der Waals surface area contributed by atoms with Crippen molar-refractivity contribution >= 4 is 55.2 Å². The Morgan fingerprint density at radius 1 is 1.22 bits per heavy atom. The Balaban J connectivity index is 1.68. The summed E-state index contributed by atoms with van der Waals surface area (Å²) in [5.41, 5.74) is 2.37. The molecule has 1 heterocycles. The molecule has 6 nitrogen and oxygen atoms in total. The van der Waals surface area contributed by atoms with Gasteiger partial charge in [-0.3, -0.25) is 4.79 Å². The van der Waals surface area contributed by atoms with E-state index in [1.165, 1.54) is 11.8 Å². The number of phenols is 1. The molecule has 140 valence electrons. The van der Waals surface area contributed by atoms with E-state index in [0.717, 1.165) is 20.2 Å². The number of carbonyl (C=O) groups excluding carboxylic acids is 1. The Morgan fingerprint density at radius 3 is 2.74 bits per heavy atom. The highest BCUT2D eigenvalue weighted by molar-refractivity contribution is 9.10. The average Bonchev–Trinajstić information content (AvgIpc) is 2.99. The number of thioether (sulfide) groups is 1. The van der Waals surface area contributed by atoms with Crippen molar-refractivity contribution in [3.05, 3.63) is 50.9 Å². The minimum Gasteiger partial charge on any atom is -0.507 e. The molecule has 2 N–H and O–H groups in total. The molecule has 0 aliphatic rings. The molecule has 0 saturated carbocycles. The van der Waals surface area contributed by atoms with Crippen molar-refractivity contribution in [1.29, 1.82) is 0 Å². The second-order valence-electron chi connectivity index (χ2n) is 5.83. The second kappa shape index (κ2) is 8.45. The summed E-state index contributed by atoms with van der Waals surface area (Å²) in [7, 11) is 1.80. The monoisotopic (exact) mass is 510 g/mol. The first-order valence-electron chi connectivity index (χ1n) is 7.92. The van der Waals surface area contributed by atoms with Crippen molar-refractivity contribution in [3.8, 4) is 17.1 Å². The van der Waals surface area contributed by atoms with Gasteiger partial charge in [0.25, 0.3) is 0 Å². The van der Waals surface area contributed by atoms with Crippen molar-refractivity contribution in [2.75, 3.05) is 11.1 Å². The van der Waals surface area contributed by atoms with Crippen molar-refractivity contribution in [1.82, 2.24) is 14.8 Å². The molecule has 2 aromatic carbocycles.